The summed E-state index contributed by atoms with van der Waals surface area (Å²) >= 11 is 8.20. The van der Waals surface area contributed by atoms with Gasteiger partial charge in [-0.1, -0.05) is 0 Å². The molecule has 0 spiro atoms. The third-order valence-electron chi connectivity index (χ3n) is 3.80. The van der Waals surface area contributed by atoms with Gasteiger partial charge in [-0.3, -0.25) is 5.21 Å². The summed E-state index contributed by atoms with van der Waals surface area (Å²) in [7, 11) is 0. The third kappa shape index (κ3) is 1.70. The van der Waals surface area contributed by atoms with E-state index in [0.29, 0.717) is 11.2 Å². The number of pyridine rings is 1. The summed E-state index contributed by atoms with van der Waals surface area (Å²) in [4.78, 5) is 0. The zero-order chi connectivity index (χ0) is 11.1. The van der Waals surface area contributed by atoms with Crippen LogP contribution < -0.4 is 4.73 Å². The molecule has 0 aromatic carbocycles. The van der Waals surface area contributed by atoms with Crippen molar-refractivity contribution in [2.45, 2.75) is 34.9 Å². The van der Waals surface area contributed by atoms with Gasteiger partial charge < -0.3 is 0 Å². The van der Waals surface area contributed by atoms with E-state index in [-0.39, 0.29) is 5.38 Å². The molecule has 2 nitrogen and oxygen atoms in total. The van der Waals surface area contributed by atoms with Gasteiger partial charge in [-0.2, -0.15) is 0 Å². The average Bonchev–Trinajstić information content (AvgIpc) is 2.85. The molecule has 2 aliphatic carbocycles. The largest absolute Gasteiger partial charge is 0.291 e. The maximum Gasteiger partial charge on any atom is 0.291 e. The van der Waals surface area contributed by atoms with Gasteiger partial charge in [0, 0.05) is 27.5 Å². The molecule has 0 radical (unpaired) electrons. The van der Waals surface area contributed by atoms with Gasteiger partial charge in [-0.15, -0.1) is 11.6 Å². The van der Waals surface area contributed by atoms with Crippen molar-refractivity contribution in [3.05, 3.63) is 24.4 Å². The molecule has 0 amide bonds. The molecule has 16 heavy (non-hydrogen) atoms. The first-order valence-corrected chi connectivity index (χ1v) is 7.08. The number of fused-ring (bicyclic) bond motifs is 2. The zero-order valence-corrected chi connectivity index (χ0v) is 10.5. The van der Waals surface area contributed by atoms with Gasteiger partial charge in [-0.05, 0) is 48.9 Å². The number of alkyl halides is 1. The van der Waals surface area contributed by atoms with E-state index >= 15 is 0 Å². The Balaban J connectivity index is 1.78. The number of hydrogen-bond donors (Lipinski definition) is 1. The van der Waals surface area contributed by atoms with Crippen LogP contribution in [0.5, 0.6) is 0 Å². The van der Waals surface area contributed by atoms with Crippen LogP contribution in [0.3, 0.4) is 0 Å². The SMILES string of the molecule is O[n+]1ccccc1SC1C2CCC(C2)C1Cl. The lowest BCUT2D eigenvalue weighted by Crippen LogP contribution is -2.34. The highest BCUT2D eigenvalue weighted by Crippen LogP contribution is 2.52. The van der Waals surface area contributed by atoms with Crippen molar-refractivity contribution in [3.63, 3.8) is 0 Å². The molecule has 1 N–H and O–H groups in total. The first-order chi connectivity index (χ1) is 7.75. The lowest BCUT2D eigenvalue weighted by Gasteiger charge is -2.24. The molecular formula is C12H15ClNOS+. The lowest BCUT2D eigenvalue weighted by atomic mass is 10.00. The Morgan fingerprint density at radius 2 is 2.12 bits per heavy atom. The number of halogens is 1. The van der Waals surface area contributed by atoms with E-state index in [9.17, 15) is 5.21 Å². The topological polar surface area (TPSA) is 24.1 Å². The molecule has 86 valence electrons. The van der Waals surface area contributed by atoms with Crippen LogP contribution in [0.2, 0.25) is 0 Å². The Morgan fingerprint density at radius 1 is 1.31 bits per heavy atom. The van der Waals surface area contributed by atoms with Crippen LogP contribution in [0.4, 0.5) is 0 Å². The average molecular weight is 257 g/mol. The number of aromatic nitrogens is 1. The minimum absolute atomic E-state index is 0.281. The van der Waals surface area contributed by atoms with Crippen LogP contribution in [0.15, 0.2) is 29.4 Å². The van der Waals surface area contributed by atoms with E-state index in [1.807, 2.05) is 18.2 Å². The highest BCUT2D eigenvalue weighted by molar-refractivity contribution is 7.99. The Labute approximate surface area is 105 Å². The van der Waals surface area contributed by atoms with Crippen LogP contribution in [0.25, 0.3) is 0 Å². The van der Waals surface area contributed by atoms with Gasteiger partial charge >= 0.3 is 0 Å². The molecule has 0 saturated heterocycles. The number of rotatable bonds is 2. The Kier molecular flexibility index (Phi) is 2.76. The second-order valence-electron chi connectivity index (χ2n) is 4.74. The summed E-state index contributed by atoms with van der Waals surface area (Å²) in [6.45, 7) is 0. The molecule has 3 rings (SSSR count). The third-order valence-corrected chi connectivity index (χ3v) is 6.09. The number of nitrogens with zero attached hydrogens (tertiary/aromatic N) is 1. The van der Waals surface area contributed by atoms with Gasteiger partial charge in [0.15, 0.2) is 0 Å². The second-order valence-corrected chi connectivity index (χ2v) is 6.45. The standard InChI is InChI=1S/C12H15ClNOS/c13-11-8-4-5-9(7-8)12(11)16-10-3-1-2-6-14(10)15/h1-3,6,8-9,11-12,15H,4-5,7H2/q+1. The van der Waals surface area contributed by atoms with Crippen molar-refractivity contribution in [1.82, 2.24) is 0 Å². The maximum absolute atomic E-state index is 9.68. The minimum Gasteiger partial charge on any atom is -0.284 e. The molecule has 4 atom stereocenters. The zero-order valence-electron chi connectivity index (χ0n) is 8.92. The second kappa shape index (κ2) is 4.11. The molecular weight excluding hydrogens is 242 g/mol. The van der Waals surface area contributed by atoms with Crippen molar-refractivity contribution in [3.8, 4) is 0 Å². The number of thioether (sulfide) groups is 1. The quantitative estimate of drug-likeness (QED) is 0.500. The fourth-order valence-corrected chi connectivity index (χ4v) is 4.97. The van der Waals surface area contributed by atoms with E-state index in [1.165, 1.54) is 24.0 Å². The molecule has 1 aromatic rings. The number of hydrogen-bond acceptors (Lipinski definition) is 2. The summed E-state index contributed by atoms with van der Waals surface area (Å²) in [6.07, 6.45) is 5.55. The van der Waals surface area contributed by atoms with Crippen LogP contribution in [-0.2, 0) is 0 Å². The summed E-state index contributed by atoms with van der Waals surface area (Å²) in [5, 5.41) is 11.3. The predicted octanol–water partition coefficient (Wildman–Crippen LogP) is 2.71. The molecule has 2 bridgehead atoms. The first kappa shape index (κ1) is 10.7. The monoisotopic (exact) mass is 256 g/mol. The van der Waals surface area contributed by atoms with E-state index in [2.05, 4.69) is 0 Å². The van der Waals surface area contributed by atoms with E-state index < -0.39 is 0 Å². The minimum atomic E-state index is 0.281. The van der Waals surface area contributed by atoms with Gasteiger partial charge in [-0.25, -0.2) is 0 Å². The van der Waals surface area contributed by atoms with Gasteiger partial charge in [0.1, 0.15) is 0 Å². The Morgan fingerprint density at radius 3 is 2.81 bits per heavy atom. The smallest absolute Gasteiger partial charge is 0.284 e. The molecule has 2 aliphatic rings. The van der Waals surface area contributed by atoms with Crippen LogP contribution >= 0.6 is 23.4 Å². The molecule has 2 saturated carbocycles. The molecule has 4 heteroatoms. The summed E-state index contributed by atoms with van der Waals surface area (Å²) in [5.74, 6) is 1.46. The van der Waals surface area contributed by atoms with E-state index in [1.54, 1.807) is 18.0 Å². The molecule has 2 fully saturated rings. The van der Waals surface area contributed by atoms with Gasteiger partial charge in [0.05, 0.1) is 0 Å². The van der Waals surface area contributed by atoms with Crippen molar-refractivity contribution < 1.29 is 9.94 Å². The maximum atomic E-state index is 9.68. The van der Waals surface area contributed by atoms with Crippen LogP contribution in [0, 0.1) is 11.8 Å². The van der Waals surface area contributed by atoms with Gasteiger partial charge in [0.25, 0.3) is 5.03 Å². The van der Waals surface area contributed by atoms with Crippen molar-refractivity contribution in [1.29, 1.82) is 0 Å². The van der Waals surface area contributed by atoms with Gasteiger partial charge in [0.2, 0.25) is 6.20 Å². The molecule has 0 aliphatic heterocycles. The highest BCUT2D eigenvalue weighted by Gasteiger charge is 2.48. The summed E-state index contributed by atoms with van der Waals surface area (Å²) < 4.78 is 1.19. The van der Waals surface area contributed by atoms with Crippen molar-refractivity contribution >= 4 is 23.4 Å². The lowest BCUT2D eigenvalue weighted by molar-refractivity contribution is -0.932. The molecule has 1 heterocycles. The molecule has 4 unspecified atom stereocenters. The normalized spacial score (nSPS) is 36.8. The fraction of sp³-hybridized carbons (Fsp3) is 0.583. The molecule has 1 aromatic heterocycles. The van der Waals surface area contributed by atoms with Crippen LogP contribution in [-0.4, -0.2) is 15.8 Å². The van der Waals surface area contributed by atoms with Crippen molar-refractivity contribution in [2.75, 3.05) is 0 Å². The Hall–Kier alpha value is -0.410. The van der Waals surface area contributed by atoms with E-state index in [4.69, 9.17) is 11.6 Å². The fourth-order valence-electron chi connectivity index (χ4n) is 2.98. The predicted molar refractivity (Wildman–Crippen MR) is 63.9 cm³/mol. The summed E-state index contributed by atoms with van der Waals surface area (Å²) in [5.41, 5.74) is 0. The van der Waals surface area contributed by atoms with E-state index in [0.717, 1.165) is 10.9 Å². The first-order valence-electron chi connectivity index (χ1n) is 5.76. The Bertz CT molecular complexity index is 398. The highest BCUT2D eigenvalue weighted by atomic mass is 35.5. The van der Waals surface area contributed by atoms with Crippen molar-refractivity contribution in [2.24, 2.45) is 11.8 Å². The summed E-state index contributed by atoms with van der Waals surface area (Å²) in [6, 6.07) is 5.72. The van der Waals surface area contributed by atoms with Crippen LogP contribution in [0.1, 0.15) is 19.3 Å².